The van der Waals surface area contributed by atoms with E-state index in [1.54, 1.807) is 19.1 Å². The Labute approximate surface area is 150 Å². The highest BCUT2D eigenvalue weighted by Crippen LogP contribution is 2.34. The minimum absolute atomic E-state index is 0.0177. The summed E-state index contributed by atoms with van der Waals surface area (Å²) in [7, 11) is 0. The Morgan fingerprint density at radius 2 is 1.72 bits per heavy atom. The number of hydrogen-bond donors (Lipinski definition) is 4. The van der Waals surface area contributed by atoms with Crippen LogP contribution in [0.1, 0.15) is 65.5 Å². The fourth-order valence-corrected chi connectivity index (χ4v) is 4.29. The van der Waals surface area contributed by atoms with E-state index in [1.165, 1.54) is 12.1 Å². The van der Waals surface area contributed by atoms with Crippen LogP contribution in [-0.2, 0) is 4.79 Å². The molecule has 1 aromatic carbocycles. The van der Waals surface area contributed by atoms with Gasteiger partial charge in [-0.1, -0.05) is 12.1 Å². The van der Waals surface area contributed by atoms with Crippen molar-refractivity contribution in [1.82, 2.24) is 10.6 Å². The summed E-state index contributed by atoms with van der Waals surface area (Å²) in [6.07, 6.45) is 1.59. The van der Waals surface area contributed by atoms with Gasteiger partial charge in [-0.3, -0.25) is 4.79 Å². The van der Waals surface area contributed by atoms with Gasteiger partial charge in [-0.25, -0.2) is 0 Å². The first-order valence-corrected chi connectivity index (χ1v) is 9.03. The zero-order valence-electron chi connectivity index (χ0n) is 16.0. The highest BCUT2D eigenvalue weighted by Gasteiger charge is 2.38. The van der Waals surface area contributed by atoms with Crippen molar-refractivity contribution in [1.29, 1.82) is 0 Å². The van der Waals surface area contributed by atoms with Crippen molar-refractivity contribution >= 4 is 5.91 Å². The molecule has 0 unspecified atom stereocenters. The first-order valence-electron chi connectivity index (χ1n) is 9.03. The number of aliphatic hydroxyl groups excluding tert-OH is 1. The van der Waals surface area contributed by atoms with Gasteiger partial charge in [0.15, 0.2) is 0 Å². The van der Waals surface area contributed by atoms with Gasteiger partial charge in [0.2, 0.25) is 5.91 Å². The first kappa shape index (κ1) is 19.7. The number of hydrogen-bond acceptors (Lipinski definition) is 4. The predicted octanol–water partition coefficient (Wildman–Crippen LogP) is 2.88. The average Bonchev–Trinajstić information content (AvgIpc) is 2.43. The van der Waals surface area contributed by atoms with Crippen molar-refractivity contribution in [3.63, 3.8) is 0 Å². The van der Waals surface area contributed by atoms with Gasteiger partial charge in [-0.2, -0.15) is 0 Å². The Bertz CT molecular complexity index is 579. The Morgan fingerprint density at radius 3 is 2.24 bits per heavy atom. The molecule has 25 heavy (non-hydrogen) atoms. The van der Waals surface area contributed by atoms with Crippen LogP contribution in [0.25, 0.3) is 0 Å². The van der Waals surface area contributed by atoms with E-state index < -0.39 is 6.10 Å². The second-order valence-corrected chi connectivity index (χ2v) is 8.76. The molecule has 0 aliphatic carbocycles. The molecule has 0 spiro atoms. The van der Waals surface area contributed by atoms with Crippen LogP contribution in [0.4, 0.5) is 0 Å². The molecular formula is C20H32N2O3. The summed E-state index contributed by atoms with van der Waals surface area (Å²) in [5.41, 5.74) is 0.711. The van der Waals surface area contributed by atoms with Crippen molar-refractivity contribution in [2.45, 2.75) is 77.1 Å². The lowest BCUT2D eigenvalue weighted by molar-refractivity contribution is -0.124. The Hall–Kier alpha value is -1.59. The highest BCUT2D eigenvalue weighted by molar-refractivity contribution is 5.76. The minimum atomic E-state index is -0.801. The number of piperidine rings is 1. The van der Waals surface area contributed by atoms with Crippen molar-refractivity contribution in [2.24, 2.45) is 5.92 Å². The smallest absolute Gasteiger partial charge is 0.220 e. The quantitative estimate of drug-likeness (QED) is 0.659. The molecule has 4 N–H and O–H groups in total. The number of nitrogens with one attached hydrogen (secondary N) is 2. The van der Waals surface area contributed by atoms with E-state index in [2.05, 4.69) is 38.3 Å². The van der Waals surface area contributed by atoms with Crippen molar-refractivity contribution in [3.05, 3.63) is 29.8 Å². The molecule has 1 aliphatic rings. The van der Waals surface area contributed by atoms with Crippen LogP contribution in [0.15, 0.2) is 24.3 Å². The third-order valence-electron chi connectivity index (χ3n) is 4.85. The summed E-state index contributed by atoms with van der Waals surface area (Å²) in [6, 6.07) is 6.01. The highest BCUT2D eigenvalue weighted by atomic mass is 16.3. The normalized spacial score (nSPS) is 22.2. The van der Waals surface area contributed by atoms with Crippen LogP contribution in [0.2, 0.25) is 0 Å². The van der Waals surface area contributed by atoms with Crippen molar-refractivity contribution < 1.29 is 15.0 Å². The summed E-state index contributed by atoms with van der Waals surface area (Å²) in [4.78, 5) is 12.5. The Balaban J connectivity index is 1.91. The number of aliphatic hydroxyl groups is 1. The molecule has 1 saturated heterocycles. The molecule has 2 rings (SSSR count). The Morgan fingerprint density at radius 1 is 1.20 bits per heavy atom. The first-order chi connectivity index (χ1) is 11.5. The molecule has 1 heterocycles. The van der Waals surface area contributed by atoms with E-state index in [0.717, 1.165) is 12.8 Å². The number of rotatable bonds is 5. The van der Waals surface area contributed by atoms with Gasteiger partial charge >= 0.3 is 0 Å². The largest absolute Gasteiger partial charge is 0.508 e. The van der Waals surface area contributed by atoms with Crippen LogP contribution >= 0.6 is 0 Å². The van der Waals surface area contributed by atoms with Crippen LogP contribution in [0, 0.1) is 5.92 Å². The molecule has 1 fully saturated rings. The zero-order valence-corrected chi connectivity index (χ0v) is 16.0. The number of carbonyl (C=O) groups is 1. The number of benzene rings is 1. The summed E-state index contributed by atoms with van der Waals surface area (Å²) in [5, 5.41) is 26.3. The SMILES string of the molecule is C[C@@H](NC(=O)CC1CC(C)(C)NC(C)(C)C1)[C@@H](O)c1ccc(O)cc1. The van der Waals surface area contributed by atoms with E-state index in [0.29, 0.717) is 17.9 Å². The monoisotopic (exact) mass is 348 g/mol. The lowest BCUT2D eigenvalue weighted by Crippen LogP contribution is -2.58. The van der Waals surface area contributed by atoms with Gasteiger partial charge in [0, 0.05) is 17.5 Å². The van der Waals surface area contributed by atoms with Crippen molar-refractivity contribution in [3.8, 4) is 5.75 Å². The van der Waals surface area contributed by atoms with Gasteiger partial charge in [0.25, 0.3) is 0 Å². The van der Waals surface area contributed by atoms with Gasteiger partial charge < -0.3 is 20.8 Å². The maximum atomic E-state index is 12.5. The fourth-order valence-electron chi connectivity index (χ4n) is 4.29. The van der Waals surface area contributed by atoms with E-state index in [9.17, 15) is 15.0 Å². The van der Waals surface area contributed by atoms with Gasteiger partial charge in [-0.05, 0) is 71.1 Å². The molecule has 1 amide bonds. The molecule has 0 bridgehead atoms. The number of amides is 1. The third-order valence-corrected chi connectivity index (χ3v) is 4.85. The second kappa shape index (κ2) is 7.34. The molecule has 1 aliphatic heterocycles. The maximum absolute atomic E-state index is 12.5. The second-order valence-electron chi connectivity index (χ2n) is 8.76. The Kier molecular flexibility index (Phi) is 5.79. The summed E-state index contributed by atoms with van der Waals surface area (Å²) in [6.45, 7) is 10.5. The van der Waals surface area contributed by atoms with Crippen LogP contribution in [-0.4, -0.2) is 33.2 Å². The summed E-state index contributed by atoms with van der Waals surface area (Å²) in [5.74, 6) is 0.455. The molecule has 0 radical (unpaired) electrons. The summed E-state index contributed by atoms with van der Waals surface area (Å²) < 4.78 is 0. The molecule has 5 nitrogen and oxygen atoms in total. The molecule has 2 atom stereocenters. The zero-order chi connectivity index (χ0) is 18.8. The third kappa shape index (κ3) is 5.72. The standard InChI is InChI=1S/C20H32N2O3/c1-13(18(25)15-6-8-16(23)9-7-15)21-17(24)10-14-11-19(2,3)22-20(4,5)12-14/h6-9,13-14,18,22-23,25H,10-12H2,1-5H3,(H,21,24)/t13-,18-/m1/s1. The van der Waals surface area contributed by atoms with E-state index in [-0.39, 0.29) is 28.8 Å². The topological polar surface area (TPSA) is 81.6 Å². The molecule has 140 valence electrons. The van der Waals surface area contributed by atoms with Crippen molar-refractivity contribution in [2.75, 3.05) is 0 Å². The number of aromatic hydroxyl groups is 1. The maximum Gasteiger partial charge on any atom is 0.220 e. The number of carbonyl (C=O) groups excluding carboxylic acids is 1. The van der Waals surface area contributed by atoms with Crippen LogP contribution in [0.3, 0.4) is 0 Å². The predicted molar refractivity (Wildman–Crippen MR) is 99.3 cm³/mol. The van der Waals surface area contributed by atoms with Gasteiger partial charge in [-0.15, -0.1) is 0 Å². The molecule has 0 saturated carbocycles. The van der Waals surface area contributed by atoms with E-state index in [4.69, 9.17) is 0 Å². The molecule has 5 heteroatoms. The van der Waals surface area contributed by atoms with Crippen LogP contribution in [0.5, 0.6) is 5.75 Å². The van der Waals surface area contributed by atoms with Crippen LogP contribution < -0.4 is 10.6 Å². The molecule has 1 aromatic rings. The molecule has 0 aromatic heterocycles. The number of phenolic OH excluding ortho intramolecular Hbond substituents is 1. The van der Waals surface area contributed by atoms with Gasteiger partial charge in [0.1, 0.15) is 5.75 Å². The average molecular weight is 348 g/mol. The molecular weight excluding hydrogens is 316 g/mol. The lowest BCUT2D eigenvalue weighted by atomic mass is 9.74. The van der Waals surface area contributed by atoms with E-state index >= 15 is 0 Å². The minimum Gasteiger partial charge on any atom is -0.508 e. The van der Waals surface area contributed by atoms with Gasteiger partial charge in [0.05, 0.1) is 12.1 Å². The fraction of sp³-hybridized carbons (Fsp3) is 0.650. The summed E-state index contributed by atoms with van der Waals surface area (Å²) >= 11 is 0. The lowest BCUT2D eigenvalue weighted by Gasteiger charge is -2.46. The van der Waals surface area contributed by atoms with E-state index in [1.807, 2.05) is 0 Å². The number of phenols is 1.